The van der Waals surface area contributed by atoms with E-state index in [1.165, 1.54) is 11.5 Å². The van der Waals surface area contributed by atoms with Crippen molar-refractivity contribution in [3.8, 4) is 0 Å². The number of halogens is 1. The summed E-state index contributed by atoms with van der Waals surface area (Å²) in [6, 6.07) is 0. The summed E-state index contributed by atoms with van der Waals surface area (Å²) in [4.78, 5) is 11.6. The first kappa shape index (κ1) is 6.83. The SMILES string of the molecule is Cc1c(CCl)s[nH]c1=O. The minimum atomic E-state index is -0.0179. The molecule has 0 radical (unpaired) electrons. The Balaban J connectivity index is 3.20. The number of aromatic nitrogens is 1. The molecular formula is C5H6ClNOS. The lowest BCUT2D eigenvalue weighted by molar-refractivity contribution is 1.29. The Labute approximate surface area is 61.6 Å². The average Bonchev–Trinajstić information content (AvgIpc) is 2.15. The zero-order valence-electron chi connectivity index (χ0n) is 4.90. The lowest BCUT2D eigenvalue weighted by Gasteiger charge is -1.83. The standard InChI is InChI=1S/C5H6ClNOS/c1-3-4(2-6)9-7-5(3)8/h2H2,1H3,(H,7,8). The fraction of sp³-hybridized carbons (Fsp3) is 0.400. The van der Waals surface area contributed by atoms with Crippen LogP contribution in [0.15, 0.2) is 4.79 Å². The van der Waals surface area contributed by atoms with Crippen molar-refractivity contribution in [1.29, 1.82) is 0 Å². The second kappa shape index (κ2) is 2.54. The van der Waals surface area contributed by atoms with Gasteiger partial charge in [-0.1, -0.05) is 11.5 Å². The van der Waals surface area contributed by atoms with Crippen LogP contribution in [0.3, 0.4) is 0 Å². The van der Waals surface area contributed by atoms with Gasteiger partial charge in [-0.3, -0.25) is 9.17 Å². The zero-order valence-corrected chi connectivity index (χ0v) is 6.47. The third-order valence-electron chi connectivity index (χ3n) is 1.15. The van der Waals surface area contributed by atoms with E-state index in [0.717, 1.165) is 10.4 Å². The van der Waals surface area contributed by atoms with Crippen LogP contribution in [0.2, 0.25) is 0 Å². The largest absolute Gasteiger partial charge is 0.277 e. The predicted molar refractivity (Wildman–Crippen MR) is 39.2 cm³/mol. The summed E-state index contributed by atoms with van der Waals surface area (Å²) in [5.41, 5.74) is 0.727. The molecule has 0 saturated carbocycles. The molecule has 50 valence electrons. The molecule has 1 heterocycles. The lowest BCUT2D eigenvalue weighted by atomic mass is 10.3. The average molecular weight is 164 g/mol. The summed E-state index contributed by atoms with van der Waals surface area (Å²) in [6.07, 6.45) is 0. The van der Waals surface area contributed by atoms with Gasteiger partial charge in [-0.05, 0) is 6.92 Å². The van der Waals surface area contributed by atoms with Crippen molar-refractivity contribution in [3.63, 3.8) is 0 Å². The molecule has 0 unspecified atom stereocenters. The first-order chi connectivity index (χ1) is 4.25. The van der Waals surface area contributed by atoms with Gasteiger partial charge in [-0.2, -0.15) is 0 Å². The minimum absolute atomic E-state index is 0.0179. The van der Waals surface area contributed by atoms with E-state index < -0.39 is 0 Å². The van der Waals surface area contributed by atoms with Crippen LogP contribution in [0.1, 0.15) is 10.4 Å². The van der Waals surface area contributed by atoms with Crippen molar-refractivity contribution in [2.24, 2.45) is 0 Å². The summed E-state index contributed by atoms with van der Waals surface area (Å²) in [6.45, 7) is 1.77. The Hall–Kier alpha value is -0.280. The van der Waals surface area contributed by atoms with Crippen LogP contribution in [0.25, 0.3) is 0 Å². The summed E-state index contributed by atoms with van der Waals surface area (Å²) in [5, 5.41) is 0. The predicted octanol–water partition coefficient (Wildman–Crippen LogP) is 1.48. The van der Waals surface area contributed by atoms with E-state index in [2.05, 4.69) is 4.37 Å². The van der Waals surface area contributed by atoms with E-state index in [-0.39, 0.29) is 5.56 Å². The van der Waals surface area contributed by atoms with Crippen molar-refractivity contribution in [1.82, 2.24) is 4.37 Å². The Kier molecular flexibility index (Phi) is 1.93. The van der Waals surface area contributed by atoms with Crippen LogP contribution < -0.4 is 5.56 Å². The fourth-order valence-corrected chi connectivity index (χ4v) is 1.55. The number of rotatable bonds is 1. The molecule has 0 aromatic carbocycles. The molecule has 0 aliphatic carbocycles. The van der Waals surface area contributed by atoms with E-state index in [4.69, 9.17) is 11.6 Å². The molecule has 0 fully saturated rings. The van der Waals surface area contributed by atoms with Crippen molar-refractivity contribution in [2.45, 2.75) is 12.8 Å². The second-order valence-electron chi connectivity index (χ2n) is 1.72. The van der Waals surface area contributed by atoms with Crippen LogP contribution in [0.4, 0.5) is 0 Å². The van der Waals surface area contributed by atoms with Crippen LogP contribution in [-0.4, -0.2) is 4.37 Å². The lowest BCUT2D eigenvalue weighted by Crippen LogP contribution is -2.00. The van der Waals surface area contributed by atoms with Gasteiger partial charge in [0.05, 0.1) is 5.88 Å². The van der Waals surface area contributed by atoms with Crippen LogP contribution >= 0.6 is 23.1 Å². The normalized spacial score (nSPS) is 10.0. The highest BCUT2D eigenvalue weighted by molar-refractivity contribution is 7.06. The highest BCUT2D eigenvalue weighted by Crippen LogP contribution is 2.09. The van der Waals surface area contributed by atoms with Gasteiger partial charge in [0.1, 0.15) is 0 Å². The van der Waals surface area contributed by atoms with Gasteiger partial charge in [-0.15, -0.1) is 11.6 Å². The monoisotopic (exact) mass is 163 g/mol. The molecule has 0 saturated heterocycles. The number of alkyl halides is 1. The summed E-state index contributed by atoms with van der Waals surface area (Å²) in [5.74, 6) is 0.426. The highest BCUT2D eigenvalue weighted by atomic mass is 35.5. The van der Waals surface area contributed by atoms with Crippen molar-refractivity contribution >= 4 is 23.1 Å². The molecule has 0 aliphatic rings. The molecule has 2 nitrogen and oxygen atoms in total. The first-order valence-electron chi connectivity index (χ1n) is 2.48. The van der Waals surface area contributed by atoms with E-state index in [0.29, 0.717) is 5.88 Å². The van der Waals surface area contributed by atoms with E-state index in [1.807, 2.05) is 0 Å². The number of hydrogen-bond acceptors (Lipinski definition) is 2. The number of nitrogens with one attached hydrogen (secondary N) is 1. The van der Waals surface area contributed by atoms with E-state index in [9.17, 15) is 4.79 Å². The van der Waals surface area contributed by atoms with E-state index in [1.54, 1.807) is 6.92 Å². The van der Waals surface area contributed by atoms with Gasteiger partial charge in [0.2, 0.25) is 0 Å². The molecule has 1 aromatic heterocycles. The fourth-order valence-electron chi connectivity index (χ4n) is 0.515. The minimum Gasteiger partial charge on any atom is -0.277 e. The van der Waals surface area contributed by atoms with Crippen LogP contribution in [0, 0.1) is 6.92 Å². The molecule has 1 rings (SSSR count). The number of H-pyrrole nitrogens is 1. The maximum Gasteiger partial charge on any atom is 0.261 e. The molecule has 0 spiro atoms. The van der Waals surface area contributed by atoms with Crippen LogP contribution in [-0.2, 0) is 5.88 Å². The van der Waals surface area contributed by atoms with Gasteiger partial charge in [0.15, 0.2) is 0 Å². The molecule has 0 bridgehead atoms. The van der Waals surface area contributed by atoms with Gasteiger partial charge in [0, 0.05) is 10.4 Å². The summed E-state index contributed by atoms with van der Waals surface area (Å²) >= 11 is 6.80. The molecule has 0 aliphatic heterocycles. The second-order valence-corrected chi connectivity index (χ2v) is 2.88. The smallest absolute Gasteiger partial charge is 0.261 e. The Morgan fingerprint density at radius 3 is 2.67 bits per heavy atom. The molecule has 1 N–H and O–H groups in total. The summed E-state index contributed by atoms with van der Waals surface area (Å²) < 4.78 is 2.59. The highest BCUT2D eigenvalue weighted by Gasteiger charge is 2.01. The Morgan fingerprint density at radius 2 is 2.44 bits per heavy atom. The molecule has 9 heavy (non-hydrogen) atoms. The Morgan fingerprint density at radius 1 is 1.78 bits per heavy atom. The maximum absolute atomic E-state index is 10.7. The van der Waals surface area contributed by atoms with Gasteiger partial charge >= 0.3 is 0 Å². The van der Waals surface area contributed by atoms with E-state index >= 15 is 0 Å². The van der Waals surface area contributed by atoms with Crippen molar-refractivity contribution in [2.75, 3.05) is 0 Å². The van der Waals surface area contributed by atoms with Gasteiger partial charge in [0.25, 0.3) is 5.56 Å². The molecule has 4 heteroatoms. The van der Waals surface area contributed by atoms with Crippen molar-refractivity contribution < 1.29 is 0 Å². The number of aromatic amines is 1. The zero-order chi connectivity index (χ0) is 6.85. The first-order valence-corrected chi connectivity index (χ1v) is 3.83. The maximum atomic E-state index is 10.7. The van der Waals surface area contributed by atoms with Gasteiger partial charge < -0.3 is 0 Å². The van der Waals surface area contributed by atoms with Crippen LogP contribution in [0.5, 0.6) is 0 Å². The molecule has 1 aromatic rings. The quantitative estimate of drug-likeness (QED) is 0.626. The summed E-state index contributed by atoms with van der Waals surface area (Å²) in [7, 11) is 0. The van der Waals surface area contributed by atoms with Gasteiger partial charge in [-0.25, -0.2) is 0 Å². The Bertz CT molecular complexity index is 252. The third-order valence-corrected chi connectivity index (χ3v) is 2.56. The molecular weight excluding hydrogens is 158 g/mol. The topological polar surface area (TPSA) is 32.9 Å². The third kappa shape index (κ3) is 1.17. The molecule has 0 atom stereocenters. The van der Waals surface area contributed by atoms with Crippen molar-refractivity contribution in [3.05, 3.63) is 20.8 Å². The molecule has 0 amide bonds. The number of hydrogen-bond donors (Lipinski definition) is 1.